The maximum Gasteiger partial charge on any atom is 0.258 e. The Morgan fingerprint density at radius 3 is 2.78 bits per heavy atom. The fraction of sp³-hybridized carbons (Fsp3) is 0.600. The van der Waals surface area contributed by atoms with Crippen LogP contribution in [0.25, 0.3) is 0 Å². The van der Waals surface area contributed by atoms with Crippen molar-refractivity contribution in [3.8, 4) is 5.75 Å². The number of hydrogen-bond donors (Lipinski definition) is 3. The second-order valence-corrected chi connectivity index (χ2v) is 7.65. The summed E-state index contributed by atoms with van der Waals surface area (Å²) in [6.07, 6.45) is 1.73. The molecule has 1 saturated carbocycles. The van der Waals surface area contributed by atoms with E-state index in [0.717, 1.165) is 12.8 Å². The van der Waals surface area contributed by atoms with Crippen LogP contribution in [0.1, 0.15) is 37.0 Å². The summed E-state index contributed by atoms with van der Waals surface area (Å²) in [5, 5.41) is 15.6. The maximum absolute atomic E-state index is 13.2. The Morgan fingerprint density at radius 2 is 2.15 bits per heavy atom. The molecule has 0 spiro atoms. The van der Waals surface area contributed by atoms with E-state index in [1.54, 1.807) is 23.1 Å². The number of anilines is 1. The van der Waals surface area contributed by atoms with Crippen LogP contribution in [0, 0.1) is 11.8 Å². The van der Waals surface area contributed by atoms with E-state index in [-0.39, 0.29) is 42.4 Å². The van der Waals surface area contributed by atoms with Gasteiger partial charge in [-0.1, -0.05) is 6.92 Å². The molecular weight excluding hydrogens is 346 g/mol. The zero-order chi connectivity index (χ0) is 19.6. The Bertz CT molecular complexity index is 704. The van der Waals surface area contributed by atoms with Gasteiger partial charge in [-0.05, 0) is 45.0 Å². The van der Waals surface area contributed by atoms with Crippen LogP contribution in [-0.4, -0.2) is 60.7 Å². The molecule has 2 amide bonds. The Balaban J connectivity index is 1.94. The van der Waals surface area contributed by atoms with Crippen molar-refractivity contribution in [2.24, 2.45) is 11.8 Å². The van der Waals surface area contributed by atoms with Gasteiger partial charge >= 0.3 is 0 Å². The number of nitrogens with one attached hydrogen (secondary N) is 2. The SMILES string of the molecule is CNC[C@@H]1Oc2ccc(NC(=O)C3CC3)cc2C(=O)N([C@@H](C)CO)C[C@@H]1C. The molecule has 0 unspecified atom stereocenters. The largest absolute Gasteiger partial charge is 0.488 e. The van der Waals surface area contributed by atoms with E-state index in [1.165, 1.54) is 0 Å². The number of benzene rings is 1. The zero-order valence-electron chi connectivity index (χ0n) is 16.2. The summed E-state index contributed by atoms with van der Waals surface area (Å²) in [5.41, 5.74) is 1.01. The smallest absolute Gasteiger partial charge is 0.258 e. The van der Waals surface area contributed by atoms with Gasteiger partial charge in [0.25, 0.3) is 5.91 Å². The first-order valence-corrected chi connectivity index (χ1v) is 9.62. The third kappa shape index (κ3) is 4.42. The average Bonchev–Trinajstić information content (AvgIpc) is 3.50. The van der Waals surface area contributed by atoms with Gasteiger partial charge in [-0.25, -0.2) is 0 Å². The number of carbonyl (C=O) groups excluding carboxylic acids is 2. The summed E-state index contributed by atoms with van der Waals surface area (Å²) in [6, 6.07) is 4.90. The standard InChI is InChI=1S/C20H29N3O4/c1-12-10-23(13(2)11-24)20(26)16-8-15(22-19(25)14-4-5-14)6-7-17(16)27-18(12)9-21-3/h6-8,12-14,18,21,24H,4-5,9-11H2,1-3H3,(H,22,25)/t12-,13-,18-/m0/s1. The average molecular weight is 375 g/mol. The molecule has 7 nitrogen and oxygen atoms in total. The minimum atomic E-state index is -0.300. The Hall–Kier alpha value is -2.12. The van der Waals surface area contributed by atoms with Gasteiger partial charge in [0.15, 0.2) is 0 Å². The number of aliphatic hydroxyl groups is 1. The topological polar surface area (TPSA) is 90.9 Å². The Kier molecular flexibility index (Phi) is 6.01. The predicted octanol–water partition coefficient (Wildman–Crippen LogP) is 1.47. The van der Waals surface area contributed by atoms with Crippen molar-refractivity contribution in [2.45, 2.75) is 38.8 Å². The predicted molar refractivity (Wildman–Crippen MR) is 103 cm³/mol. The third-order valence-corrected chi connectivity index (χ3v) is 5.29. The van der Waals surface area contributed by atoms with Crippen molar-refractivity contribution in [3.05, 3.63) is 23.8 Å². The summed E-state index contributed by atoms with van der Waals surface area (Å²) in [7, 11) is 1.87. The summed E-state index contributed by atoms with van der Waals surface area (Å²) < 4.78 is 6.16. The Labute approximate surface area is 160 Å². The van der Waals surface area contributed by atoms with E-state index >= 15 is 0 Å². The van der Waals surface area contributed by atoms with Gasteiger partial charge in [-0.3, -0.25) is 9.59 Å². The lowest BCUT2D eigenvalue weighted by atomic mass is 9.99. The van der Waals surface area contributed by atoms with Gasteiger partial charge < -0.3 is 25.4 Å². The molecule has 1 aromatic carbocycles. The fourth-order valence-electron chi connectivity index (χ4n) is 3.33. The summed E-state index contributed by atoms with van der Waals surface area (Å²) >= 11 is 0. The van der Waals surface area contributed by atoms with E-state index < -0.39 is 0 Å². The molecule has 0 aromatic heterocycles. The first-order chi connectivity index (χ1) is 12.9. The van der Waals surface area contributed by atoms with Gasteiger partial charge in [-0.15, -0.1) is 0 Å². The molecule has 3 atom stereocenters. The van der Waals surface area contributed by atoms with Gasteiger partial charge in [0.2, 0.25) is 5.91 Å². The second-order valence-electron chi connectivity index (χ2n) is 7.65. The van der Waals surface area contributed by atoms with Crippen LogP contribution >= 0.6 is 0 Å². The normalized spacial score (nSPS) is 23.7. The van der Waals surface area contributed by atoms with E-state index in [0.29, 0.717) is 30.1 Å². The van der Waals surface area contributed by atoms with E-state index in [9.17, 15) is 14.7 Å². The molecule has 0 saturated heterocycles. The number of aliphatic hydroxyl groups excluding tert-OH is 1. The second kappa shape index (κ2) is 8.27. The van der Waals surface area contributed by atoms with Crippen molar-refractivity contribution < 1.29 is 19.4 Å². The molecule has 0 bridgehead atoms. The molecule has 3 rings (SSSR count). The quantitative estimate of drug-likeness (QED) is 0.701. The number of carbonyl (C=O) groups is 2. The first-order valence-electron chi connectivity index (χ1n) is 9.62. The lowest BCUT2D eigenvalue weighted by Crippen LogP contribution is -2.49. The molecule has 148 valence electrons. The maximum atomic E-state index is 13.2. The first kappa shape index (κ1) is 19.6. The van der Waals surface area contributed by atoms with Crippen molar-refractivity contribution in [2.75, 3.05) is 32.1 Å². The number of fused-ring (bicyclic) bond motifs is 1. The van der Waals surface area contributed by atoms with E-state index in [2.05, 4.69) is 10.6 Å². The highest BCUT2D eigenvalue weighted by molar-refractivity contribution is 6.00. The van der Waals surface area contributed by atoms with E-state index in [4.69, 9.17) is 4.74 Å². The van der Waals surface area contributed by atoms with Crippen LogP contribution in [0.2, 0.25) is 0 Å². The van der Waals surface area contributed by atoms with Gasteiger partial charge in [0.05, 0.1) is 18.2 Å². The fourth-order valence-corrected chi connectivity index (χ4v) is 3.33. The lowest BCUT2D eigenvalue weighted by Gasteiger charge is -2.37. The molecule has 1 heterocycles. The van der Waals surface area contributed by atoms with E-state index in [1.807, 2.05) is 20.9 Å². The molecule has 2 aliphatic rings. The number of hydrogen-bond acceptors (Lipinski definition) is 5. The van der Waals surface area contributed by atoms with Gasteiger partial charge in [-0.2, -0.15) is 0 Å². The van der Waals surface area contributed by atoms with Crippen molar-refractivity contribution in [3.63, 3.8) is 0 Å². The lowest BCUT2D eigenvalue weighted by molar-refractivity contribution is -0.117. The molecule has 27 heavy (non-hydrogen) atoms. The minimum absolute atomic E-state index is 0.00331. The highest BCUT2D eigenvalue weighted by atomic mass is 16.5. The van der Waals surface area contributed by atoms with Crippen LogP contribution in [-0.2, 0) is 4.79 Å². The van der Waals surface area contributed by atoms with Crippen LogP contribution < -0.4 is 15.4 Å². The van der Waals surface area contributed by atoms with Crippen LogP contribution in [0.15, 0.2) is 18.2 Å². The highest BCUT2D eigenvalue weighted by Gasteiger charge is 2.33. The van der Waals surface area contributed by atoms with Crippen LogP contribution in [0.4, 0.5) is 5.69 Å². The molecular formula is C20H29N3O4. The summed E-state index contributed by atoms with van der Waals surface area (Å²) in [6.45, 7) is 4.91. The van der Waals surface area contributed by atoms with Gasteiger partial charge in [0, 0.05) is 30.6 Å². The van der Waals surface area contributed by atoms with Crippen molar-refractivity contribution >= 4 is 17.5 Å². The molecule has 1 aliphatic heterocycles. The zero-order valence-corrected chi connectivity index (χ0v) is 16.2. The number of amides is 2. The van der Waals surface area contributed by atoms with Gasteiger partial charge in [0.1, 0.15) is 11.9 Å². The summed E-state index contributed by atoms with van der Waals surface area (Å²) in [5.74, 6) is 0.496. The highest BCUT2D eigenvalue weighted by Crippen LogP contribution is 2.33. The third-order valence-electron chi connectivity index (χ3n) is 5.29. The minimum Gasteiger partial charge on any atom is -0.488 e. The number of likely N-dealkylation sites (N-methyl/N-ethyl adjacent to an activating group) is 1. The molecule has 1 aliphatic carbocycles. The van der Waals surface area contributed by atoms with Crippen molar-refractivity contribution in [1.29, 1.82) is 0 Å². The molecule has 1 fully saturated rings. The monoisotopic (exact) mass is 375 g/mol. The molecule has 1 aromatic rings. The molecule has 7 heteroatoms. The Morgan fingerprint density at radius 1 is 1.41 bits per heavy atom. The molecule has 0 radical (unpaired) electrons. The summed E-state index contributed by atoms with van der Waals surface area (Å²) in [4.78, 5) is 27.0. The van der Waals surface area contributed by atoms with Crippen LogP contribution in [0.3, 0.4) is 0 Å². The van der Waals surface area contributed by atoms with Crippen molar-refractivity contribution in [1.82, 2.24) is 10.2 Å². The number of nitrogens with zero attached hydrogens (tertiary/aromatic N) is 1. The molecule has 3 N–H and O–H groups in total. The number of rotatable bonds is 6. The van der Waals surface area contributed by atoms with Crippen LogP contribution in [0.5, 0.6) is 5.75 Å². The number of ether oxygens (including phenoxy) is 1.